The van der Waals surface area contributed by atoms with Gasteiger partial charge in [-0.1, -0.05) is 26.2 Å². The molecule has 0 aromatic carbocycles. The summed E-state index contributed by atoms with van der Waals surface area (Å²) in [7, 11) is 0. The topological polar surface area (TPSA) is 81.5 Å². The molecule has 1 aliphatic carbocycles. The van der Waals surface area contributed by atoms with Crippen molar-refractivity contribution in [2.45, 2.75) is 64.0 Å². The predicted molar refractivity (Wildman–Crippen MR) is 103 cm³/mol. The van der Waals surface area contributed by atoms with Crippen molar-refractivity contribution in [1.82, 2.24) is 25.1 Å². The lowest BCUT2D eigenvalue weighted by molar-refractivity contribution is -0.936. The summed E-state index contributed by atoms with van der Waals surface area (Å²) in [6.45, 7) is 5.54. The van der Waals surface area contributed by atoms with Crippen LogP contribution in [0.2, 0.25) is 0 Å². The number of nitrogens with one attached hydrogen (secondary N) is 1. The van der Waals surface area contributed by atoms with Crippen LogP contribution in [0.15, 0.2) is 22.8 Å². The molecule has 2 aromatic rings. The van der Waals surface area contributed by atoms with Crippen LogP contribution >= 0.6 is 0 Å². The highest BCUT2D eigenvalue weighted by Crippen LogP contribution is 2.30. The normalized spacial score (nSPS) is 20.0. The van der Waals surface area contributed by atoms with Crippen molar-refractivity contribution >= 4 is 5.91 Å². The Kier molecular flexibility index (Phi) is 6.04. The highest BCUT2D eigenvalue weighted by Gasteiger charge is 2.35. The first kappa shape index (κ1) is 19.1. The van der Waals surface area contributed by atoms with Crippen LogP contribution in [0.5, 0.6) is 0 Å². The van der Waals surface area contributed by atoms with E-state index >= 15 is 0 Å². The Balaban J connectivity index is 1.45. The number of quaternary nitrogens is 1. The number of nitrogens with zero attached hydrogens (tertiary/aromatic N) is 5. The van der Waals surface area contributed by atoms with Gasteiger partial charge in [0.1, 0.15) is 6.04 Å². The van der Waals surface area contributed by atoms with E-state index in [1.54, 1.807) is 18.4 Å². The molecule has 1 amide bonds. The first-order chi connectivity index (χ1) is 13.8. The van der Waals surface area contributed by atoms with E-state index < -0.39 is 0 Å². The van der Waals surface area contributed by atoms with Gasteiger partial charge in [-0.2, -0.15) is 0 Å². The third kappa shape index (κ3) is 3.97. The minimum atomic E-state index is -0.00931. The Morgan fingerprint density at radius 2 is 2.11 bits per heavy atom. The molecule has 0 bridgehead atoms. The number of hydrogen-bond acceptors (Lipinski definition) is 5. The minimum Gasteiger partial charge on any atom is -0.459 e. The van der Waals surface area contributed by atoms with Crippen LogP contribution in [0.4, 0.5) is 0 Å². The molecule has 2 aliphatic rings. The molecule has 8 heteroatoms. The standard InChI is InChI=1S/C20H30N6O2/c1-2-3-9-17(19-21-22-23-26(19)16-7-4-5-8-16)24-11-13-25(14-12-24)20(27)18-10-6-15-28-18/h6,10,15-17H,2-5,7-9,11-14H2,1H3/p+1/t17-/m1/s1. The van der Waals surface area contributed by atoms with Crippen molar-refractivity contribution in [3.8, 4) is 0 Å². The summed E-state index contributed by atoms with van der Waals surface area (Å²) < 4.78 is 7.39. The van der Waals surface area contributed by atoms with Crippen LogP contribution in [0, 0.1) is 0 Å². The molecule has 1 N–H and O–H groups in total. The van der Waals surface area contributed by atoms with Crippen molar-refractivity contribution in [3.05, 3.63) is 30.0 Å². The van der Waals surface area contributed by atoms with Crippen LogP contribution < -0.4 is 4.90 Å². The summed E-state index contributed by atoms with van der Waals surface area (Å²) in [5, 5.41) is 12.9. The molecule has 0 spiro atoms. The number of rotatable bonds is 7. The molecule has 28 heavy (non-hydrogen) atoms. The number of unbranched alkanes of at least 4 members (excludes halogenated alkanes) is 1. The Labute approximate surface area is 165 Å². The molecule has 0 radical (unpaired) electrons. The Morgan fingerprint density at radius 3 is 2.79 bits per heavy atom. The summed E-state index contributed by atoms with van der Waals surface area (Å²) in [5.41, 5.74) is 0. The number of piperazine rings is 1. The average molecular weight is 388 g/mol. The van der Waals surface area contributed by atoms with Gasteiger partial charge in [-0.3, -0.25) is 4.79 Å². The molecule has 0 unspecified atom stereocenters. The Hall–Kier alpha value is -2.22. The van der Waals surface area contributed by atoms with Gasteiger partial charge in [0.25, 0.3) is 5.91 Å². The first-order valence-corrected chi connectivity index (χ1v) is 10.7. The van der Waals surface area contributed by atoms with E-state index in [-0.39, 0.29) is 5.91 Å². The van der Waals surface area contributed by atoms with E-state index in [1.165, 1.54) is 37.0 Å². The van der Waals surface area contributed by atoms with Gasteiger partial charge in [0.05, 0.1) is 38.5 Å². The van der Waals surface area contributed by atoms with Crippen molar-refractivity contribution in [2.24, 2.45) is 0 Å². The van der Waals surface area contributed by atoms with Crippen molar-refractivity contribution < 1.29 is 14.1 Å². The van der Waals surface area contributed by atoms with E-state index in [0.29, 0.717) is 17.8 Å². The van der Waals surface area contributed by atoms with E-state index in [1.807, 2.05) is 4.90 Å². The highest BCUT2D eigenvalue weighted by atomic mass is 16.3. The van der Waals surface area contributed by atoms with Crippen molar-refractivity contribution in [3.63, 3.8) is 0 Å². The quantitative estimate of drug-likeness (QED) is 0.781. The van der Waals surface area contributed by atoms with Crippen molar-refractivity contribution in [1.29, 1.82) is 0 Å². The largest absolute Gasteiger partial charge is 0.459 e. The monoisotopic (exact) mass is 387 g/mol. The van der Waals surface area contributed by atoms with Gasteiger partial charge in [-0.05, 0) is 41.8 Å². The van der Waals surface area contributed by atoms with Crippen LogP contribution in [0.25, 0.3) is 0 Å². The molecule has 2 fully saturated rings. The second-order valence-electron chi connectivity index (χ2n) is 8.04. The van der Waals surface area contributed by atoms with Gasteiger partial charge in [-0.25, -0.2) is 4.68 Å². The molecule has 1 saturated heterocycles. The maximum Gasteiger partial charge on any atom is 0.289 e. The molecule has 1 aliphatic heterocycles. The summed E-state index contributed by atoms with van der Waals surface area (Å²) in [5.74, 6) is 1.46. The van der Waals surface area contributed by atoms with Gasteiger partial charge in [0, 0.05) is 6.42 Å². The molecule has 1 saturated carbocycles. The summed E-state index contributed by atoms with van der Waals surface area (Å²) >= 11 is 0. The van der Waals surface area contributed by atoms with Crippen LogP contribution in [-0.4, -0.2) is 57.2 Å². The number of tetrazole rings is 1. The first-order valence-electron chi connectivity index (χ1n) is 10.7. The lowest BCUT2D eigenvalue weighted by atomic mass is 10.1. The van der Waals surface area contributed by atoms with Gasteiger partial charge in [-0.15, -0.1) is 5.10 Å². The van der Waals surface area contributed by atoms with Crippen LogP contribution in [0.3, 0.4) is 0 Å². The number of aromatic nitrogens is 4. The number of carbonyl (C=O) groups excluding carboxylic acids is 1. The molecular weight excluding hydrogens is 356 g/mol. The minimum absolute atomic E-state index is 0.00931. The zero-order chi connectivity index (χ0) is 19.3. The maximum atomic E-state index is 12.6. The van der Waals surface area contributed by atoms with E-state index in [4.69, 9.17) is 4.42 Å². The number of amides is 1. The third-order valence-corrected chi connectivity index (χ3v) is 6.26. The second kappa shape index (κ2) is 8.86. The molecule has 152 valence electrons. The smallest absolute Gasteiger partial charge is 0.289 e. The van der Waals surface area contributed by atoms with Gasteiger partial charge >= 0.3 is 0 Å². The van der Waals surface area contributed by atoms with E-state index in [9.17, 15) is 4.79 Å². The molecule has 1 atom stereocenters. The number of furan rings is 1. The molecular formula is C20H31N6O2+. The second-order valence-corrected chi connectivity index (χ2v) is 8.04. The highest BCUT2D eigenvalue weighted by molar-refractivity contribution is 5.91. The van der Waals surface area contributed by atoms with Gasteiger partial charge in [0.15, 0.2) is 5.76 Å². The fourth-order valence-corrected chi connectivity index (χ4v) is 4.66. The van der Waals surface area contributed by atoms with Crippen LogP contribution in [-0.2, 0) is 0 Å². The molecule has 2 aromatic heterocycles. The van der Waals surface area contributed by atoms with E-state index in [2.05, 4.69) is 27.1 Å². The number of carbonyl (C=O) groups is 1. The van der Waals surface area contributed by atoms with E-state index in [0.717, 1.165) is 44.8 Å². The zero-order valence-electron chi connectivity index (χ0n) is 16.7. The summed E-state index contributed by atoms with van der Waals surface area (Å²) in [6, 6.07) is 4.26. The van der Waals surface area contributed by atoms with Crippen molar-refractivity contribution in [2.75, 3.05) is 26.2 Å². The SMILES string of the molecule is CCCC[C@H](c1nnnn1C1CCCC1)[NH+]1CCN(C(=O)c2ccco2)CC1. The average Bonchev–Trinajstić information content (AvgIpc) is 3.50. The van der Waals surface area contributed by atoms with Crippen LogP contribution in [0.1, 0.15) is 80.3 Å². The maximum absolute atomic E-state index is 12.6. The fourth-order valence-electron chi connectivity index (χ4n) is 4.66. The Bertz CT molecular complexity index is 745. The third-order valence-electron chi connectivity index (χ3n) is 6.26. The fraction of sp³-hybridized carbons (Fsp3) is 0.700. The Morgan fingerprint density at radius 1 is 1.32 bits per heavy atom. The number of hydrogen-bond donors (Lipinski definition) is 1. The zero-order valence-corrected chi connectivity index (χ0v) is 16.7. The molecule has 8 nitrogen and oxygen atoms in total. The predicted octanol–water partition coefficient (Wildman–Crippen LogP) is 1.65. The summed E-state index contributed by atoms with van der Waals surface area (Å²) in [6.07, 6.45) is 9.87. The van der Waals surface area contributed by atoms with Gasteiger partial charge < -0.3 is 14.2 Å². The summed E-state index contributed by atoms with van der Waals surface area (Å²) in [4.78, 5) is 15.9. The lowest BCUT2D eigenvalue weighted by Crippen LogP contribution is -3.15. The lowest BCUT2D eigenvalue weighted by Gasteiger charge is -2.36. The molecule has 4 rings (SSSR count). The van der Waals surface area contributed by atoms with Gasteiger partial charge in [0.2, 0.25) is 5.82 Å². The molecule has 3 heterocycles.